The number of halogens is 4. The van der Waals surface area contributed by atoms with Crippen molar-refractivity contribution in [2.75, 3.05) is 0 Å². The number of aromatic nitrogens is 1. The van der Waals surface area contributed by atoms with Gasteiger partial charge in [-0.25, -0.2) is 0 Å². The number of aldehydes is 1. The van der Waals surface area contributed by atoms with Crippen molar-refractivity contribution in [2.24, 2.45) is 0 Å². The lowest BCUT2D eigenvalue weighted by Crippen LogP contribution is -2.19. The summed E-state index contributed by atoms with van der Waals surface area (Å²) in [5.41, 5.74) is -2.10. The van der Waals surface area contributed by atoms with Crippen LogP contribution in [0.4, 0.5) is 23.2 Å². The Morgan fingerprint density at radius 1 is 1.47 bits per heavy atom. The average Bonchev–Trinajstić information content (AvgIpc) is 2.14. The van der Waals surface area contributed by atoms with Gasteiger partial charge in [-0.15, -0.1) is 13.2 Å². The second-order valence-electron chi connectivity index (χ2n) is 2.62. The van der Waals surface area contributed by atoms with Crippen molar-refractivity contribution < 1.29 is 32.0 Å². The van der Waals surface area contributed by atoms with E-state index in [0.29, 0.717) is 6.07 Å². The molecular weight excluding hydrogens is 252 g/mol. The molecule has 0 aliphatic rings. The summed E-state index contributed by atoms with van der Waals surface area (Å²) in [4.78, 5) is 21.9. The highest BCUT2D eigenvalue weighted by molar-refractivity contribution is 5.76. The van der Waals surface area contributed by atoms with Gasteiger partial charge in [-0.05, 0) is 0 Å². The number of hydrogen-bond acceptors (Lipinski definition) is 5. The first-order chi connectivity index (χ1) is 7.74. The van der Waals surface area contributed by atoms with E-state index in [4.69, 9.17) is 0 Å². The molecular formula is C7H2F4N2O4. The highest BCUT2D eigenvalue weighted by Gasteiger charge is 2.36. The Balaban J connectivity index is 3.33. The predicted molar refractivity (Wildman–Crippen MR) is 42.9 cm³/mol. The molecule has 0 unspecified atom stereocenters. The minimum atomic E-state index is -5.26. The first-order valence-electron chi connectivity index (χ1n) is 3.80. The molecule has 0 fully saturated rings. The summed E-state index contributed by atoms with van der Waals surface area (Å²) in [5, 5.41) is 10.4. The van der Waals surface area contributed by atoms with Crippen LogP contribution in [0.5, 0.6) is 5.88 Å². The second-order valence-corrected chi connectivity index (χ2v) is 2.62. The van der Waals surface area contributed by atoms with Crippen molar-refractivity contribution in [2.45, 2.75) is 6.36 Å². The highest BCUT2D eigenvalue weighted by Crippen LogP contribution is 2.30. The molecule has 1 aromatic rings. The number of carbonyl (C=O) groups is 1. The maximum absolute atomic E-state index is 12.9. The zero-order chi connectivity index (χ0) is 13.2. The van der Waals surface area contributed by atoms with Gasteiger partial charge in [-0.2, -0.15) is 9.37 Å². The van der Waals surface area contributed by atoms with Crippen LogP contribution in [0.1, 0.15) is 10.4 Å². The van der Waals surface area contributed by atoms with E-state index < -0.39 is 34.4 Å². The van der Waals surface area contributed by atoms with E-state index in [2.05, 4.69) is 9.72 Å². The SMILES string of the molecule is O=Cc1cc([N+](=O)[O-])c(OC(F)(F)F)nc1F. The fourth-order valence-electron chi connectivity index (χ4n) is 0.878. The summed E-state index contributed by atoms with van der Waals surface area (Å²) in [6.07, 6.45) is -5.38. The molecule has 0 radical (unpaired) electrons. The normalized spacial score (nSPS) is 11.1. The second kappa shape index (κ2) is 4.31. The summed E-state index contributed by atoms with van der Waals surface area (Å²) in [6.45, 7) is 0. The molecule has 1 rings (SSSR count). The van der Waals surface area contributed by atoms with Gasteiger partial charge in [0.15, 0.2) is 6.29 Å². The minimum Gasteiger partial charge on any atom is -0.380 e. The van der Waals surface area contributed by atoms with Crippen molar-refractivity contribution in [3.63, 3.8) is 0 Å². The molecule has 0 aliphatic carbocycles. The summed E-state index contributed by atoms with van der Waals surface area (Å²) < 4.78 is 51.5. The molecule has 10 heteroatoms. The zero-order valence-corrected chi connectivity index (χ0v) is 7.69. The molecule has 0 bridgehead atoms. The van der Waals surface area contributed by atoms with Gasteiger partial charge < -0.3 is 4.74 Å². The number of rotatable bonds is 3. The Bertz CT molecular complexity index is 474. The van der Waals surface area contributed by atoms with E-state index in [9.17, 15) is 32.5 Å². The number of nitro groups is 1. The predicted octanol–water partition coefficient (Wildman–Crippen LogP) is 1.84. The van der Waals surface area contributed by atoms with Gasteiger partial charge in [0.1, 0.15) is 0 Å². The van der Waals surface area contributed by atoms with Crippen LogP contribution in [0.15, 0.2) is 6.07 Å². The van der Waals surface area contributed by atoms with Crippen LogP contribution in [0.2, 0.25) is 0 Å². The summed E-state index contributed by atoms with van der Waals surface area (Å²) in [7, 11) is 0. The lowest BCUT2D eigenvalue weighted by molar-refractivity contribution is -0.389. The van der Waals surface area contributed by atoms with Crippen molar-refractivity contribution in [1.82, 2.24) is 4.98 Å². The molecule has 0 aromatic carbocycles. The first-order valence-corrected chi connectivity index (χ1v) is 3.80. The molecule has 6 nitrogen and oxygen atoms in total. The molecule has 1 aromatic heterocycles. The van der Waals surface area contributed by atoms with E-state index in [-0.39, 0.29) is 6.29 Å². The average molecular weight is 254 g/mol. The molecule has 0 saturated heterocycles. The van der Waals surface area contributed by atoms with Crippen molar-refractivity contribution >= 4 is 12.0 Å². The molecule has 0 aliphatic heterocycles. The monoisotopic (exact) mass is 254 g/mol. The third-order valence-corrected chi connectivity index (χ3v) is 1.49. The lowest BCUT2D eigenvalue weighted by Gasteiger charge is -2.08. The van der Waals surface area contributed by atoms with Crippen LogP contribution >= 0.6 is 0 Å². The van der Waals surface area contributed by atoms with Crippen LogP contribution in [0.3, 0.4) is 0 Å². The topological polar surface area (TPSA) is 82.3 Å². The molecule has 1 heterocycles. The van der Waals surface area contributed by atoms with Crippen LogP contribution in [0.25, 0.3) is 0 Å². The van der Waals surface area contributed by atoms with E-state index >= 15 is 0 Å². The largest absolute Gasteiger partial charge is 0.574 e. The summed E-state index contributed by atoms with van der Waals surface area (Å²) in [6, 6.07) is 0.302. The Kier molecular flexibility index (Phi) is 3.25. The molecule has 92 valence electrons. The van der Waals surface area contributed by atoms with Gasteiger partial charge >= 0.3 is 17.9 Å². The third-order valence-electron chi connectivity index (χ3n) is 1.49. The Hall–Kier alpha value is -2.26. The van der Waals surface area contributed by atoms with Gasteiger partial charge in [0, 0.05) is 6.07 Å². The Morgan fingerprint density at radius 2 is 2.06 bits per heavy atom. The fraction of sp³-hybridized carbons (Fsp3) is 0.143. The maximum Gasteiger partial charge on any atom is 0.574 e. The molecule has 17 heavy (non-hydrogen) atoms. The smallest absolute Gasteiger partial charge is 0.380 e. The van der Waals surface area contributed by atoms with Crippen molar-refractivity contribution in [3.05, 3.63) is 27.7 Å². The number of nitrogens with zero attached hydrogens (tertiary/aromatic N) is 2. The standard InChI is InChI=1S/C7H2F4N2O4/c8-5-3(2-14)1-4(13(15)16)6(12-5)17-7(9,10)11/h1-2H. The lowest BCUT2D eigenvalue weighted by atomic mass is 10.3. The molecule has 0 amide bonds. The molecule has 0 N–H and O–H groups in total. The maximum atomic E-state index is 12.9. The number of hydrogen-bond donors (Lipinski definition) is 0. The number of pyridine rings is 1. The first kappa shape index (κ1) is 12.8. The van der Waals surface area contributed by atoms with Gasteiger partial charge in [0.25, 0.3) is 0 Å². The van der Waals surface area contributed by atoms with Crippen LogP contribution in [-0.2, 0) is 0 Å². The Labute approximate surface area is 90.0 Å². The van der Waals surface area contributed by atoms with E-state index in [1.807, 2.05) is 0 Å². The number of alkyl halides is 3. The summed E-state index contributed by atoms with van der Waals surface area (Å²) >= 11 is 0. The van der Waals surface area contributed by atoms with Crippen LogP contribution in [-0.4, -0.2) is 22.6 Å². The van der Waals surface area contributed by atoms with E-state index in [0.717, 1.165) is 0 Å². The third kappa shape index (κ3) is 3.09. The number of carbonyl (C=O) groups excluding carboxylic acids is 1. The summed E-state index contributed by atoms with van der Waals surface area (Å²) in [5.74, 6) is -3.16. The zero-order valence-electron chi connectivity index (χ0n) is 7.69. The molecule has 0 spiro atoms. The quantitative estimate of drug-likeness (QED) is 0.270. The highest BCUT2D eigenvalue weighted by atomic mass is 19.4. The molecule has 0 atom stereocenters. The van der Waals surface area contributed by atoms with Gasteiger partial charge in [-0.3, -0.25) is 14.9 Å². The van der Waals surface area contributed by atoms with Crippen LogP contribution in [0, 0.1) is 16.1 Å². The minimum absolute atomic E-state index is 0.118. The molecule has 0 saturated carbocycles. The Morgan fingerprint density at radius 3 is 2.47 bits per heavy atom. The van der Waals surface area contributed by atoms with Gasteiger partial charge in [-0.1, -0.05) is 0 Å². The van der Waals surface area contributed by atoms with E-state index in [1.165, 1.54) is 0 Å². The fourth-order valence-corrected chi connectivity index (χ4v) is 0.878. The van der Waals surface area contributed by atoms with Gasteiger partial charge in [0.2, 0.25) is 5.95 Å². The van der Waals surface area contributed by atoms with Crippen molar-refractivity contribution in [1.29, 1.82) is 0 Å². The van der Waals surface area contributed by atoms with Gasteiger partial charge in [0.05, 0.1) is 10.5 Å². The van der Waals surface area contributed by atoms with E-state index in [1.54, 1.807) is 0 Å². The van der Waals surface area contributed by atoms with Crippen LogP contribution < -0.4 is 4.74 Å². The van der Waals surface area contributed by atoms with Crippen molar-refractivity contribution in [3.8, 4) is 5.88 Å². The number of ether oxygens (including phenoxy) is 1.